The van der Waals surface area contributed by atoms with E-state index in [1.165, 1.54) is 5.56 Å². The van der Waals surface area contributed by atoms with Crippen LogP contribution in [0.5, 0.6) is 0 Å². The number of nitrogens with one attached hydrogen (secondary N) is 1. The third-order valence-electron chi connectivity index (χ3n) is 4.71. The fourth-order valence-corrected chi connectivity index (χ4v) is 3.44. The number of hydrogen-bond acceptors (Lipinski definition) is 4. The van der Waals surface area contributed by atoms with Crippen molar-refractivity contribution in [1.82, 2.24) is 24.9 Å². The number of likely N-dealkylation sites (N-methyl/N-ethyl adjacent to an activating group) is 1. The lowest BCUT2D eigenvalue weighted by Crippen LogP contribution is -2.48. The SMILES string of the molecule is CN=C(NCC(c1cnn(C)c1)N(C)C)N1CCCC(CC(N)=O)C1.I. The molecule has 2 unspecified atom stereocenters. The van der Waals surface area contributed by atoms with Crippen molar-refractivity contribution >= 4 is 35.8 Å². The number of nitrogens with two attached hydrogens (primary N) is 1. The fourth-order valence-electron chi connectivity index (χ4n) is 3.44. The maximum atomic E-state index is 11.2. The van der Waals surface area contributed by atoms with E-state index in [9.17, 15) is 4.79 Å². The van der Waals surface area contributed by atoms with Crippen LogP contribution in [0.4, 0.5) is 0 Å². The van der Waals surface area contributed by atoms with Gasteiger partial charge in [-0.15, -0.1) is 24.0 Å². The Hall–Kier alpha value is -1.36. The van der Waals surface area contributed by atoms with Crippen molar-refractivity contribution in [2.45, 2.75) is 25.3 Å². The lowest BCUT2D eigenvalue weighted by molar-refractivity contribution is -0.119. The predicted molar refractivity (Wildman–Crippen MR) is 115 cm³/mol. The van der Waals surface area contributed by atoms with E-state index in [0.717, 1.165) is 38.4 Å². The molecule has 3 N–H and O–H groups in total. The van der Waals surface area contributed by atoms with Gasteiger partial charge >= 0.3 is 0 Å². The van der Waals surface area contributed by atoms with Gasteiger partial charge in [0, 0.05) is 51.9 Å². The smallest absolute Gasteiger partial charge is 0.217 e. The van der Waals surface area contributed by atoms with Crippen LogP contribution in [-0.4, -0.2) is 72.2 Å². The summed E-state index contributed by atoms with van der Waals surface area (Å²) in [5, 5.41) is 7.76. The number of aliphatic imine (C=N–C) groups is 1. The van der Waals surface area contributed by atoms with Crippen molar-refractivity contribution in [1.29, 1.82) is 0 Å². The zero-order chi connectivity index (χ0) is 18.4. The number of halogens is 1. The number of carbonyl (C=O) groups is 1. The highest BCUT2D eigenvalue weighted by Crippen LogP contribution is 2.20. The Morgan fingerprint density at radius 1 is 1.54 bits per heavy atom. The van der Waals surface area contributed by atoms with Crippen LogP contribution in [0.15, 0.2) is 17.4 Å². The first-order valence-electron chi connectivity index (χ1n) is 8.79. The molecule has 26 heavy (non-hydrogen) atoms. The summed E-state index contributed by atoms with van der Waals surface area (Å²) in [6.45, 7) is 2.51. The van der Waals surface area contributed by atoms with E-state index in [1.54, 1.807) is 7.05 Å². The van der Waals surface area contributed by atoms with Gasteiger partial charge < -0.3 is 20.9 Å². The topological polar surface area (TPSA) is 91.8 Å². The highest BCUT2D eigenvalue weighted by molar-refractivity contribution is 14.0. The van der Waals surface area contributed by atoms with E-state index in [-0.39, 0.29) is 35.9 Å². The summed E-state index contributed by atoms with van der Waals surface area (Å²) in [7, 11) is 7.85. The molecule has 1 fully saturated rings. The van der Waals surface area contributed by atoms with Gasteiger partial charge in [-0.3, -0.25) is 14.5 Å². The normalized spacial score (nSPS) is 19.2. The van der Waals surface area contributed by atoms with Crippen molar-refractivity contribution in [3.8, 4) is 0 Å². The van der Waals surface area contributed by atoms with Crippen molar-refractivity contribution in [2.75, 3.05) is 40.8 Å². The molecule has 0 saturated carbocycles. The van der Waals surface area contributed by atoms with E-state index in [2.05, 4.69) is 39.3 Å². The molecular formula is C17H32IN7O. The van der Waals surface area contributed by atoms with Crippen molar-refractivity contribution in [3.05, 3.63) is 18.0 Å². The van der Waals surface area contributed by atoms with Crippen molar-refractivity contribution < 1.29 is 4.79 Å². The Morgan fingerprint density at radius 2 is 2.27 bits per heavy atom. The first kappa shape index (κ1) is 22.7. The first-order chi connectivity index (χ1) is 11.9. The van der Waals surface area contributed by atoms with E-state index in [4.69, 9.17) is 5.73 Å². The number of piperidine rings is 1. The molecule has 148 valence electrons. The van der Waals surface area contributed by atoms with Crippen LogP contribution >= 0.6 is 24.0 Å². The molecular weight excluding hydrogens is 445 g/mol. The second-order valence-corrected chi connectivity index (χ2v) is 6.98. The molecule has 0 spiro atoms. The third kappa shape index (κ3) is 6.42. The molecule has 1 amide bonds. The Balaban J connectivity index is 0.00000338. The highest BCUT2D eigenvalue weighted by atomic mass is 127. The van der Waals surface area contributed by atoms with Crippen LogP contribution in [0.25, 0.3) is 0 Å². The van der Waals surface area contributed by atoms with Gasteiger partial charge in [-0.1, -0.05) is 0 Å². The number of nitrogens with zero attached hydrogens (tertiary/aromatic N) is 5. The number of carbonyl (C=O) groups excluding carboxylic acids is 1. The van der Waals surface area contributed by atoms with Crippen molar-refractivity contribution in [2.24, 2.45) is 23.7 Å². The monoisotopic (exact) mass is 477 g/mol. The number of aromatic nitrogens is 2. The Morgan fingerprint density at radius 3 is 2.81 bits per heavy atom. The average molecular weight is 477 g/mol. The summed E-state index contributed by atoms with van der Waals surface area (Å²) in [6, 6.07) is 0.205. The number of amides is 1. The van der Waals surface area contributed by atoms with Gasteiger partial charge in [0.1, 0.15) is 0 Å². The minimum atomic E-state index is -0.223. The molecule has 1 aromatic heterocycles. The molecule has 2 rings (SSSR count). The van der Waals surface area contributed by atoms with Gasteiger partial charge in [0.05, 0.1) is 12.2 Å². The van der Waals surface area contributed by atoms with Crippen LogP contribution in [0, 0.1) is 5.92 Å². The number of primary amides is 1. The molecule has 1 aromatic rings. The van der Waals surface area contributed by atoms with Crippen LogP contribution in [-0.2, 0) is 11.8 Å². The molecule has 0 aliphatic carbocycles. The van der Waals surface area contributed by atoms with Gasteiger partial charge in [0.25, 0.3) is 0 Å². The summed E-state index contributed by atoms with van der Waals surface area (Å²) < 4.78 is 1.82. The summed E-state index contributed by atoms with van der Waals surface area (Å²) in [6.07, 6.45) is 6.49. The van der Waals surface area contributed by atoms with Gasteiger partial charge in [-0.25, -0.2) is 0 Å². The standard InChI is InChI=1S/C17H31N7O.HI/c1-19-17(24-7-5-6-13(11-24)8-16(18)25)20-10-15(22(2)3)14-9-21-23(4)12-14;/h9,12-13,15H,5-8,10-11H2,1-4H3,(H2,18,25)(H,19,20);1H. The van der Waals surface area contributed by atoms with Gasteiger partial charge in [-0.05, 0) is 32.9 Å². The summed E-state index contributed by atoms with van der Waals surface area (Å²) in [5.41, 5.74) is 6.53. The molecule has 1 aliphatic heterocycles. The average Bonchev–Trinajstić information content (AvgIpc) is 2.97. The molecule has 0 bridgehead atoms. The number of hydrogen-bond donors (Lipinski definition) is 2. The molecule has 0 aromatic carbocycles. The second-order valence-electron chi connectivity index (χ2n) is 6.98. The number of guanidine groups is 1. The minimum absolute atomic E-state index is 0. The van der Waals surface area contributed by atoms with E-state index in [1.807, 2.05) is 24.1 Å². The number of likely N-dealkylation sites (tertiary alicyclic amines) is 1. The molecule has 2 atom stereocenters. The van der Waals surface area contributed by atoms with Gasteiger partial charge in [0.15, 0.2) is 5.96 Å². The zero-order valence-electron chi connectivity index (χ0n) is 16.2. The third-order valence-corrected chi connectivity index (χ3v) is 4.71. The molecule has 8 nitrogen and oxygen atoms in total. The largest absolute Gasteiger partial charge is 0.370 e. The molecule has 1 aliphatic rings. The summed E-state index contributed by atoms with van der Waals surface area (Å²) >= 11 is 0. The van der Waals surface area contributed by atoms with E-state index >= 15 is 0 Å². The summed E-state index contributed by atoms with van der Waals surface area (Å²) in [4.78, 5) is 20.0. The number of aryl methyl sites for hydroxylation is 1. The zero-order valence-corrected chi connectivity index (χ0v) is 18.5. The Kier molecular flexibility index (Phi) is 9.34. The Labute approximate surface area is 173 Å². The molecule has 2 heterocycles. The molecule has 9 heteroatoms. The van der Waals surface area contributed by atoms with Crippen LogP contribution in [0.1, 0.15) is 30.9 Å². The second kappa shape index (κ2) is 10.7. The lowest BCUT2D eigenvalue weighted by Gasteiger charge is -2.35. The quantitative estimate of drug-likeness (QED) is 0.360. The minimum Gasteiger partial charge on any atom is -0.370 e. The van der Waals surface area contributed by atoms with E-state index in [0.29, 0.717) is 12.3 Å². The fraction of sp³-hybridized carbons (Fsp3) is 0.706. The Bertz CT molecular complexity index is 602. The lowest BCUT2D eigenvalue weighted by atomic mass is 9.95. The maximum Gasteiger partial charge on any atom is 0.217 e. The van der Waals surface area contributed by atoms with Crippen LogP contribution in [0.3, 0.4) is 0 Å². The predicted octanol–water partition coefficient (Wildman–Crippen LogP) is 0.804. The van der Waals surface area contributed by atoms with Gasteiger partial charge in [0.2, 0.25) is 5.91 Å². The molecule has 1 saturated heterocycles. The van der Waals surface area contributed by atoms with Crippen LogP contribution in [0.2, 0.25) is 0 Å². The van der Waals surface area contributed by atoms with Crippen molar-refractivity contribution in [3.63, 3.8) is 0 Å². The first-order valence-corrected chi connectivity index (χ1v) is 8.79. The van der Waals surface area contributed by atoms with Gasteiger partial charge in [-0.2, -0.15) is 5.10 Å². The van der Waals surface area contributed by atoms with Crippen LogP contribution < -0.4 is 11.1 Å². The number of rotatable bonds is 6. The highest BCUT2D eigenvalue weighted by Gasteiger charge is 2.24. The molecule has 0 radical (unpaired) electrons. The maximum absolute atomic E-state index is 11.2. The van der Waals surface area contributed by atoms with E-state index < -0.39 is 0 Å². The summed E-state index contributed by atoms with van der Waals surface area (Å²) in [5.74, 6) is 0.969.